The second-order valence-corrected chi connectivity index (χ2v) is 8.42. The number of halogens is 1. The predicted molar refractivity (Wildman–Crippen MR) is 134 cm³/mol. The lowest BCUT2D eigenvalue weighted by Crippen LogP contribution is -2.28. The molecule has 0 radical (unpaired) electrons. The summed E-state index contributed by atoms with van der Waals surface area (Å²) >= 11 is 7.67. The summed E-state index contributed by atoms with van der Waals surface area (Å²) in [6, 6.07) is 11.4. The van der Waals surface area contributed by atoms with Crippen LogP contribution in [0, 0.1) is 0 Å². The molecule has 0 saturated carbocycles. The number of nitrogens with zero attached hydrogens (tertiary/aromatic N) is 2. The first-order valence-electron chi connectivity index (χ1n) is 10.5. The van der Waals surface area contributed by atoms with Gasteiger partial charge in [0.15, 0.2) is 16.7 Å². The molecule has 1 fully saturated rings. The molecule has 0 aliphatic carbocycles. The Labute approximate surface area is 198 Å². The first-order chi connectivity index (χ1) is 15.5. The minimum Gasteiger partial charge on any atom is -0.493 e. The minimum absolute atomic E-state index is 0.0343. The third-order valence-corrected chi connectivity index (χ3v) is 6.28. The Morgan fingerprint density at radius 1 is 1.22 bits per heavy atom. The van der Waals surface area contributed by atoms with E-state index in [1.54, 1.807) is 12.0 Å². The molecule has 0 atom stereocenters. The van der Waals surface area contributed by atoms with Crippen LogP contribution in [0.4, 0.5) is 0 Å². The van der Waals surface area contributed by atoms with Crippen LogP contribution in [-0.4, -0.2) is 36.2 Å². The highest BCUT2D eigenvalue weighted by atomic mass is 35.5. The molecule has 168 valence electrons. The number of amidine groups is 1. The zero-order valence-corrected chi connectivity index (χ0v) is 20.1. The van der Waals surface area contributed by atoms with Gasteiger partial charge in [0, 0.05) is 29.2 Å². The normalized spacial score (nSPS) is 16.1. The average Bonchev–Trinajstić information content (AvgIpc) is 3.08. The maximum Gasteiger partial charge on any atom is 0.266 e. The number of allylic oxidation sites excluding steroid dienone is 1. The van der Waals surface area contributed by atoms with Crippen LogP contribution in [0.2, 0.25) is 5.02 Å². The lowest BCUT2D eigenvalue weighted by Gasteiger charge is -2.16. The zero-order valence-electron chi connectivity index (χ0n) is 18.6. The number of ether oxygens (including phenoxy) is 2. The van der Waals surface area contributed by atoms with Gasteiger partial charge in [-0.3, -0.25) is 14.7 Å². The van der Waals surface area contributed by atoms with Crippen molar-refractivity contribution in [3.8, 4) is 11.5 Å². The highest BCUT2D eigenvalue weighted by Crippen LogP contribution is 2.37. The van der Waals surface area contributed by atoms with Crippen molar-refractivity contribution in [1.29, 1.82) is 0 Å². The fourth-order valence-electron chi connectivity index (χ4n) is 3.35. The highest BCUT2D eigenvalue weighted by Gasteiger charge is 2.32. The first kappa shape index (κ1) is 24.0. The Hall–Kier alpha value is -2.70. The van der Waals surface area contributed by atoms with Gasteiger partial charge in [0.05, 0.1) is 12.0 Å². The van der Waals surface area contributed by atoms with E-state index >= 15 is 0 Å². The Morgan fingerprint density at radius 2 is 2.00 bits per heavy atom. The first-order valence-corrected chi connectivity index (χ1v) is 11.7. The van der Waals surface area contributed by atoms with Crippen molar-refractivity contribution in [2.24, 2.45) is 4.99 Å². The number of carbonyl (C=O) groups is 1. The summed E-state index contributed by atoms with van der Waals surface area (Å²) in [5.74, 6) is 1.20. The number of benzene rings is 2. The van der Waals surface area contributed by atoms with Crippen LogP contribution in [-0.2, 0) is 17.8 Å². The maximum atomic E-state index is 12.8. The van der Waals surface area contributed by atoms with Crippen LogP contribution in [0.5, 0.6) is 11.5 Å². The van der Waals surface area contributed by atoms with Crippen molar-refractivity contribution >= 4 is 40.5 Å². The zero-order chi connectivity index (χ0) is 23.1. The molecule has 0 N–H and O–H groups in total. The van der Waals surface area contributed by atoms with Crippen LogP contribution in [0.15, 0.2) is 59.0 Å². The number of amides is 1. The fourth-order valence-corrected chi connectivity index (χ4v) is 4.64. The lowest BCUT2D eigenvalue weighted by atomic mass is 10.0. The van der Waals surface area contributed by atoms with Gasteiger partial charge in [-0.15, -0.1) is 6.58 Å². The number of methoxy groups -OCH3 is 1. The molecule has 1 aliphatic rings. The van der Waals surface area contributed by atoms with Gasteiger partial charge in [0.2, 0.25) is 0 Å². The van der Waals surface area contributed by atoms with Crippen molar-refractivity contribution in [3.63, 3.8) is 0 Å². The van der Waals surface area contributed by atoms with E-state index in [9.17, 15) is 4.79 Å². The molecular weight excluding hydrogens is 444 g/mol. The molecule has 1 amide bonds. The van der Waals surface area contributed by atoms with E-state index in [0.29, 0.717) is 47.5 Å². The van der Waals surface area contributed by atoms with Crippen LogP contribution < -0.4 is 9.47 Å². The molecule has 2 aromatic carbocycles. The maximum absolute atomic E-state index is 12.8. The molecule has 2 aromatic rings. The third kappa shape index (κ3) is 5.37. The Kier molecular flexibility index (Phi) is 8.42. The summed E-state index contributed by atoms with van der Waals surface area (Å²) in [5, 5.41) is 1.39. The summed E-state index contributed by atoms with van der Waals surface area (Å²) in [5.41, 5.74) is 2.67. The van der Waals surface area contributed by atoms with Gasteiger partial charge in [-0.1, -0.05) is 35.9 Å². The number of likely N-dealkylation sites (N-methyl/N-ethyl adjacent to an activating group) is 1. The van der Waals surface area contributed by atoms with Crippen molar-refractivity contribution in [1.82, 2.24) is 4.90 Å². The van der Waals surface area contributed by atoms with Gasteiger partial charge in [0.1, 0.15) is 6.61 Å². The molecule has 0 unspecified atom stereocenters. The van der Waals surface area contributed by atoms with Crippen LogP contribution in [0.1, 0.15) is 30.5 Å². The summed E-state index contributed by atoms with van der Waals surface area (Å²) in [6.07, 6.45) is 4.28. The molecule has 1 aliphatic heterocycles. The molecule has 3 rings (SSSR count). The second-order valence-electron chi connectivity index (χ2n) is 7.00. The van der Waals surface area contributed by atoms with Crippen molar-refractivity contribution in [2.75, 3.05) is 20.2 Å². The van der Waals surface area contributed by atoms with E-state index in [0.717, 1.165) is 21.9 Å². The van der Waals surface area contributed by atoms with E-state index in [1.165, 1.54) is 11.8 Å². The van der Waals surface area contributed by atoms with Gasteiger partial charge >= 0.3 is 0 Å². The van der Waals surface area contributed by atoms with E-state index < -0.39 is 0 Å². The van der Waals surface area contributed by atoms with Crippen molar-refractivity contribution in [2.45, 2.75) is 26.9 Å². The van der Waals surface area contributed by atoms with Crippen LogP contribution in [0.25, 0.3) is 6.08 Å². The minimum atomic E-state index is -0.0343. The summed E-state index contributed by atoms with van der Waals surface area (Å²) in [6.45, 7) is 9.31. The number of carbonyl (C=O) groups excluding carboxylic acids is 1. The van der Waals surface area contributed by atoms with Gasteiger partial charge < -0.3 is 9.47 Å². The SMILES string of the molecule is C=CCc1cc(/C=C2\SC(=NCC)N(CC)C2=O)cc(OC)c1OCc1ccccc1Cl. The van der Waals surface area contributed by atoms with E-state index in [1.807, 2.05) is 62.4 Å². The van der Waals surface area contributed by atoms with Crippen molar-refractivity contribution in [3.05, 3.63) is 75.7 Å². The lowest BCUT2D eigenvalue weighted by molar-refractivity contribution is -0.122. The number of hydrogen-bond donors (Lipinski definition) is 0. The predicted octanol–water partition coefficient (Wildman–Crippen LogP) is 5.97. The van der Waals surface area contributed by atoms with Gasteiger partial charge in [-0.25, -0.2) is 0 Å². The summed E-state index contributed by atoms with van der Waals surface area (Å²) in [4.78, 5) is 19.6. The molecule has 1 saturated heterocycles. The van der Waals surface area contributed by atoms with Crippen LogP contribution >= 0.6 is 23.4 Å². The summed E-state index contributed by atoms with van der Waals surface area (Å²) in [7, 11) is 1.60. The molecule has 1 heterocycles. The molecular formula is C25H27ClN2O3S. The smallest absolute Gasteiger partial charge is 0.266 e. The Morgan fingerprint density at radius 3 is 2.66 bits per heavy atom. The molecule has 0 bridgehead atoms. The van der Waals surface area contributed by atoms with E-state index in [4.69, 9.17) is 21.1 Å². The monoisotopic (exact) mass is 470 g/mol. The standard InChI is InChI=1S/C25H27ClN2O3S/c1-5-10-18-13-17(15-22-24(29)28(7-3)25(32-22)27-6-2)14-21(30-4)23(18)31-16-19-11-8-9-12-20(19)26/h5,8-9,11-15H,1,6-7,10,16H2,2-4H3/b22-15-,27-25?. The number of hydrogen-bond acceptors (Lipinski definition) is 5. The number of thioether (sulfide) groups is 1. The molecule has 7 heteroatoms. The van der Waals surface area contributed by atoms with Gasteiger partial charge in [0.25, 0.3) is 5.91 Å². The molecule has 0 aromatic heterocycles. The quantitative estimate of drug-likeness (QED) is 0.334. The molecule has 32 heavy (non-hydrogen) atoms. The average molecular weight is 471 g/mol. The Bertz CT molecular complexity index is 1070. The van der Waals surface area contributed by atoms with Gasteiger partial charge in [-0.2, -0.15) is 0 Å². The second kappa shape index (κ2) is 11.2. The van der Waals surface area contributed by atoms with E-state index in [-0.39, 0.29) is 5.91 Å². The number of aliphatic imine (C=N–C) groups is 1. The number of rotatable bonds is 9. The molecule has 5 nitrogen and oxygen atoms in total. The molecule has 0 spiro atoms. The summed E-state index contributed by atoms with van der Waals surface area (Å²) < 4.78 is 11.8. The van der Waals surface area contributed by atoms with E-state index in [2.05, 4.69) is 11.6 Å². The highest BCUT2D eigenvalue weighted by molar-refractivity contribution is 8.18. The Balaban J connectivity index is 1.95. The third-order valence-electron chi connectivity index (χ3n) is 4.86. The largest absolute Gasteiger partial charge is 0.493 e. The topological polar surface area (TPSA) is 51.1 Å². The van der Waals surface area contributed by atoms with Gasteiger partial charge in [-0.05, 0) is 61.9 Å². The van der Waals surface area contributed by atoms with Crippen molar-refractivity contribution < 1.29 is 14.3 Å². The van der Waals surface area contributed by atoms with Crippen LogP contribution in [0.3, 0.4) is 0 Å². The fraction of sp³-hybridized carbons (Fsp3) is 0.280.